The van der Waals surface area contributed by atoms with Crippen molar-refractivity contribution in [2.75, 3.05) is 0 Å². The van der Waals surface area contributed by atoms with Crippen LogP contribution >= 0.6 is 0 Å². The summed E-state index contributed by atoms with van der Waals surface area (Å²) in [6.07, 6.45) is 3.14. The molecule has 2 aromatic carbocycles. The number of aromatic nitrogens is 2. The van der Waals surface area contributed by atoms with Crippen molar-refractivity contribution in [1.29, 1.82) is 0 Å². The molecule has 1 heterocycles. The molecular formula is C18H13F3N2O2. The zero-order chi connectivity index (χ0) is 18.0. The van der Waals surface area contributed by atoms with Crippen LogP contribution in [-0.4, -0.2) is 20.6 Å². The number of carbonyl (C=O) groups is 1. The quantitative estimate of drug-likeness (QED) is 0.718. The van der Waals surface area contributed by atoms with Crippen LogP contribution in [0.15, 0.2) is 48.8 Å². The monoisotopic (exact) mass is 346 g/mol. The standard InChI is InChI=1S/C18H13F3N2O2/c19-14-5-4-12(16(20)17(14)21)9-15-22-6-7-23(15)10-11-2-1-3-13(8-11)18(24)25/h1-8H,9-10H2,(H,24,25). The van der Waals surface area contributed by atoms with E-state index in [1.54, 1.807) is 22.9 Å². The van der Waals surface area contributed by atoms with Crippen LogP contribution in [0.4, 0.5) is 13.2 Å². The Balaban J connectivity index is 1.85. The maximum absolute atomic E-state index is 13.8. The van der Waals surface area contributed by atoms with Gasteiger partial charge in [0.25, 0.3) is 0 Å². The molecule has 0 atom stereocenters. The molecular weight excluding hydrogens is 333 g/mol. The molecule has 0 saturated carbocycles. The van der Waals surface area contributed by atoms with E-state index >= 15 is 0 Å². The summed E-state index contributed by atoms with van der Waals surface area (Å²) in [6.45, 7) is 0.321. The van der Waals surface area contributed by atoms with Crippen molar-refractivity contribution in [3.8, 4) is 0 Å². The van der Waals surface area contributed by atoms with Gasteiger partial charge in [-0.3, -0.25) is 0 Å². The molecule has 0 amide bonds. The summed E-state index contributed by atoms with van der Waals surface area (Å²) in [4.78, 5) is 15.2. The lowest BCUT2D eigenvalue weighted by Crippen LogP contribution is -2.08. The van der Waals surface area contributed by atoms with Gasteiger partial charge in [-0.15, -0.1) is 0 Å². The van der Waals surface area contributed by atoms with Gasteiger partial charge in [0.15, 0.2) is 17.5 Å². The first kappa shape index (κ1) is 16.8. The number of carboxylic acids is 1. The Morgan fingerprint density at radius 2 is 1.92 bits per heavy atom. The summed E-state index contributed by atoms with van der Waals surface area (Å²) in [6, 6.07) is 8.45. The Kier molecular flexibility index (Phi) is 4.56. The molecule has 1 aromatic heterocycles. The van der Waals surface area contributed by atoms with Gasteiger partial charge in [0.1, 0.15) is 5.82 Å². The first-order chi connectivity index (χ1) is 12.0. The van der Waals surface area contributed by atoms with E-state index in [1.165, 1.54) is 24.4 Å². The van der Waals surface area contributed by atoms with Gasteiger partial charge in [-0.1, -0.05) is 18.2 Å². The van der Waals surface area contributed by atoms with Gasteiger partial charge < -0.3 is 9.67 Å². The number of halogens is 3. The van der Waals surface area contributed by atoms with Gasteiger partial charge in [-0.25, -0.2) is 22.9 Å². The van der Waals surface area contributed by atoms with Gasteiger partial charge in [0.2, 0.25) is 0 Å². The maximum atomic E-state index is 13.8. The third-order valence-electron chi connectivity index (χ3n) is 3.79. The van der Waals surface area contributed by atoms with Crippen molar-refractivity contribution in [3.63, 3.8) is 0 Å². The number of hydrogen-bond acceptors (Lipinski definition) is 2. The van der Waals surface area contributed by atoms with Crippen molar-refractivity contribution in [2.45, 2.75) is 13.0 Å². The summed E-state index contributed by atoms with van der Waals surface area (Å²) < 4.78 is 41.9. The molecule has 0 bridgehead atoms. The van der Waals surface area contributed by atoms with Crippen LogP contribution in [0.25, 0.3) is 0 Å². The second kappa shape index (κ2) is 6.80. The minimum atomic E-state index is -1.51. The number of aromatic carboxylic acids is 1. The average Bonchev–Trinajstić information content (AvgIpc) is 3.02. The van der Waals surface area contributed by atoms with E-state index in [2.05, 4.69) is 4.98 Å². The first-order valence-electron chi connectivity index (χ1n) is 7.40. The van der Waals surface area contributed by atoms with Gasteiger partial charge in [-0.05, 0) is 29.3 Å². The third-order valence-corrected chi connectivity index (χ3v) is 3.79. The van der Waals surface area contributed by atoms with Gasteiger partial charge in [0.05, 0.1) is 5.56 Å². The molecule has 0 aliphatic carbocycles. The summed E-state index contributed by atoms with van der Waals surface area (Å²) in [5.74, 6) is -4.57. The second-order valence-corrected chi connectivity index (χ2v) is 5.49. The number of imidazole rings is 1. The second-order valence-electron chi connectivity index (χ2n) is 5.49. The predicted molar refractivity (Wildman–Crippen MR) is 83.9 cm³/mol. The molecule has 3 aromatic rings. The lowest BCUT2D eigenvalue weighted by atomic mass is 10.1. The van der Waals surface area contributed by atoms with E-state index < -0.39 is 23.4 Å². The molecule has 4 nitrogen and oxygen atoms in total. The van der Waals surface area contributed by atoms with Gasteiger partial charge in [-0.2, -0.15) is 0 Å². The van der Waals surface area contributed by atoms with E-state index in [0.717, 1.165) is 11.6 Å². The summed E-state index contributed by atoms with van der Waals surface area (Å²) >= 11 is 0. The van der Waals surface area contributed by atoms with E-state index in [-0.39, 0.29) is 17.5 Å². The fraction of sp³-hybridized carbons (Fsp3) is 0.111. The van der Waals surface area contributed by atoms with Crippen LogP contribution in [0.5, 0.6) is 0 Å². The summed E-state index contributed by atoms with van der Waals surface area (Å²) in [5, 5.41) is 9.04. The lowest BCUT2D eigenvalue weighted by molar-refractivity contribution is 0.0696. The molecule has 0 aliphatic rings. The van der Waals surface area contributed by atoms with Crippen LogP contribution in [0, 0.1) is 17.5 Å². The molecule has 128 valence electrons. The van der Waals surface area contributed by atoms with E-state index in [0.29, 0.717) is 12.4 Å². The maximum Gasteiger partial charge on any atom is 0.335 e. The minimum Gasteiger partial charge on any atom is -0.478 e. The number of rotatable bonds is 5. The van der Waals surface area contributed by atoms with Crippen molar-refractivity contribution >= 4 is 5.97 Å². The molecule has 25 heavy (non-hydrogen) atoms. The number of nitrogens with zero attached hydrogens (tertiary/aromatic N) is 2. The zero-order valence-electron chi connectivity index (χ0n) is 12.9. The van der Waals surface area contributed by atoms with E-state index in [9.17, 15) is 18.0 Å². The van der Waals surface area contributed by atoms with Crippen molar-refractivity contribution in [3.05, 3.63) is 88.8 Å². The Bertz CT molecular complexity index is 938. The molecule has 0 aliphatic heterocycles. The Morgan fingerprint density at radius 1 is 1.12 bits per heavy atom. The molecule has 0 radical (unpaired) electrons. The fourth-order valence-electron chi connectivity index (χ4n) is 2.52. The van der Waals surface area contributed by atoms with Crippen molar-refractivity contribution < 1.29 is 23.1 Å². The Labute approximate surface area is 141 Å². The van der Waals surface area contributed by atoms with Crippen LogP contribution in [0.3, 0.4) is 0 Å². The fourth-order valence-corrected chi connectivity index (χ4v) is 2.52. The van der Waals surface area contributed by atoms with Crippen molar-refractivity contribution in [1.82, 2.24) is 9.55 Å². The summed E-state index contributed by atoms with van der Waals surface area (Å²) in [7, 11) is 0. The average molecular weight is 346 g/mol. The number of carboxylic acid groups (broad SMARTS) is 1. The van der Waals surface area contributed by atoms with Crippen LogP contribution in [-0.2, 0) is 13.0 Å². The van der Waals surface area contributed by atoms with Crippen molar-refractivity contribution in [2.24, 2.45) is 0 Å². The van der Waals surface area contributed by atoms with Crippen LogP contribution in [0.1, 0.15) is 27.3 Å². The normalized spacial score (nSPS) is 10.8. The number of hydrogen-bond donors (Lipinski definition) is 1. The SMILES string of the molecule is O=C(O)c1cccc(Cn2ccnc2Cc2ccc(F)c(F)c2F)c1. The van der Waals surface area contributed by atoms with E-state index in [1.807, 2.05) is 0 Å². The highest BCUT2D eigenvalue weighted by atomic mass is 19.2. The van der Waals surface area contributed by atoms with Crippen LogP contribution < -0.4 is 0 Å². The highest BCUT2D eigenvalue weighted by Gasteiger charge is 2.15. The zero-order valence-corrected chi connectivity index (χ0v) is 12.9. The van der Waals surface area contributed by atoms with Gasteiger partial charge in [0, 0.05) is 25.4 Å². The van der Waals surface area contributed by atoms with E-state index in [4.69, 9.17) is 5.11 Å². The molecule has 0 saturated heterocycles. The Morgan fingerprint density at radius 3 is 2.68 bits per heavy atom. The lowest BCUT2D eigenvalue weighted by Gasteiger charge is -2.10. The minimum absolute atomic E-state index is 0.00867. The molecule has 3 rings (SSSR count). The highest BCUT2D eigenvalue weighted by Crippen LogP contribution is 2.18. The topological polar surface area (TPSA) is 55.1 Å². The number of benzene rings is 2. The third kappa shape index (κ3) is 3.55. The largest absolute Gasteiger partial charge is 0.478 e. The molecule has 0 spiro atoms. The predicted octanol–water partition coefficient (Wildman–Crippen LogP) is 3.64. The molecule has 0 fully saturated rings. The van der Waals surface area contributed by atoms with Gasteiger partial charge >= 0.3 is 5.97 Å². The molecule has 0 unspecified atom stereocenters. The summed E-state index contributed by atoms with van der Waals surface area (Å²) in [5.41, 5.74) is 0.876. The first-order valence-corrected chi connectivity index (χ1v) is 7.40. The molecule has 7 heteroatoms. The molecule has 1 N–H and O–H groups in total. The highest BCUT2D eigenvalue weighted by molar-refractivity contribution is 5.87. The smallest absolute Gasteiger partial charge is 0.335 e. The van der Waals surface area contributed by atoms with Crippen LogP contribution in [0.2, 0.25) is 0 Å². The Hall–Kier alpha value is -3.09.